The molecule has 0 spiro atoms. The molecule has 0 bridgehead atoms. The zero-order valence-electron chi connectivity index (χ0n) is 15.0. The van der Waals surface area contributed by atoms with Crippen LogP contribution >= 0.6 is 11.6 Å². The molecule has 1 aliphatic heterocycles. The molecule has 0 aliphatic carbocycles. The monoisotopic (exact) mass is 367 g/mol. The number of hydrogen-bond donors (Lipinski definition) is 1. The molecular weight excluding hydrogens is 342 g/mol. The van der Waals surface area contributed by atoms with Crippen molar-refractivity contribution in [1.82, 2.24) is 15.1 Å². The number of halogens is 1. The number of ether oxygens (including phenoxy) is 1. The lowest BCUT2D eigenvalue weighted by Gasteiger charge is -2.35. The molecule has 1 aliphatic rings. The van der Waals surface area contributed by atoms with Crippen molar-refractivity contribution in [3.05, 3.63) is 34.9 Å². The average molecular weight is 368 g/mol. The smallest absolute Gasteiger partial charge is 0.410 e. The number of hydrogen-bond acceptors (Lipinski definition) is 3. The molecule has 1 saturated heterocycles. The fraction of sp³-hybridized carbons (Fsp3) is 0.556. The van der Waals surface area contributed by atoms with Crippen molar-refractivity contribution in [1.29, 1.82) is 0 Å². The van der Waals surface area contributed by atoms with Crippen LogP contribution in [0.3, 0.4) is 0 Å². The number of carbonyl (C=O) groups excluding carboxylic acids is 2. The number of nitrogens with zero attached hydrogens (tertiary/aromatic N) is 2. The van der Waals surface area contributed by atoms with Gasteiger partial charge in [0.2, 0.25) is 0 Å². The Hall–Kier alpha value is -1.95. The van der Waals surface area contributed by atoms with Crippen molar-refractivity contribution in [2.75, 3.05) is 32.7 Å². The van der Waals surface area contributed by atoms with Crippen molar-refractivity contribution in [2.24, 2.45) is 0 Å². The Bertz CT molecular complexity index is 608. The van der Waals surface area contributed by atoms with E-state index < -0.39 is 5.60 Å². The third-order valence-electron chi connectivity index (χ3n) is 3.85. The van der Waals surface area contributed by atoms with E-state index in [0.29, 0.717) is 44.2 Å². The highest BCUT2D eigenvalue weighted by Gasteiger charge is 2.27. The number of benzene rings is 1. The summed E-state index contributed by atoms with van der Waals surface area (Å²) >= 11 is 6.11. The second kappa shape index (κ2) is 8.43. The highest BCUT2D eigenvalue weighted by molar-refractivity contribution is 6.31. The van der Waals surface area contributed by atoms with Crippen LogP contribution in [0, 0.1) is 0 Å². The molecule has 1 aromatic rings. The highest BCUT2D eigenvalue weighted by Crippen LogP contribution is 2.15. The number of piperazine rings is 1. The van der Waals surface area contributed by atoms with Gasteiger partial charge in [0.05, 0.1) is 0 Å². The van der Waals surface area contributed by atoms with Gasteiger partial charge in [0.1, 0.15) is 5.60 Å². The van der Waals surface area contributed by atoms with Crippen LogP contribution in [0.4, 0.5) is 9.59 Å². The lowest BCUT2D eigenvalue weighted by Crippen LogP contribution is -2.54. The largest absolute Gasteiger partial charge is 0.444 e. The van der Waals surface area contributed by atoms with Crippen LogP contribution in [-0.2, 0) is 11.2 Å². The van der Waals surface area contributed by atoms with E-state index in [9.17, 15) is 9.59 Å². The molecule has 0 unspecified atom stereocenters. The van der Waals surface area contributed by atoms with E-state index in [1.165, 1.54) is 0 Å². The van der Waals surface area contributed by atoms with Gasteiger partial charge in [-0.2, -0.15) is 0 Å². The normalized spacial score (nSPS) is 15.0. The average Bonchev–Trinajstić information content (AvgIpc) is 2.55. The van der Waals surface area contributed by atoms with Gasteiger partial charge in [-0.05, 0) is 38.8 Å². The maximum atomic E-state index is 12.2. The summed E-state index contributed by atoms with van der Waals surface area (Å²) in [4.78, 5) is 27.6. The van der Waals surface area contributed by atoms with Gasteiger partial charge in [-0.1, -0.05) is 29.8 Å². The summed E-state index contributed by atoms with van der Waals surface area (Å²) in [6.07, 6.45) is 0.356. The van der Waals surface area contributed by atoms with Gasteiger partial charge in [-0.25, -0.2) is 9.59 Å². The Morgan fingerprint density at radius 3 is 2.32 bits per heavy atom. The first-order valence-corrected chi connectivity index (χ1v) is 8.88. The molecule has 1 N–H and O–H groups in total. The molecule has 1 heterocycles. The number of nitrogens with one attached hydrogen (secondary N) is 1. The summed E-state index contributed by atoms with van der Waals surface area (Å²) in [6, 6.07) is 7.49. The van der Waals surface area contributed by atoms with E-state index in [2.05, 4.69) is 5.32 Å². The van der Waals surface area contributed by atoms with Gasteiger partial charge in [-0.15, -0.1) is 0 Å². The molecule has 1 aromatic carbocycles. The quantitative estimate of drug-likeness (QED) is 0.892. The van der Waals surface area contributed by atoms with Crippen LogP contribution in [0.2, 0.25) is 5.02 Å². The van der Waals surface area contributed by atoms with Crippen LogP contribution in [0.25, 0.3) is 0 Å². The molecule has 3 amide bonds. The molecule has 25 heavy (non-hydrogen) atoms. The predicted molar refractivity (Wildman–Crippen MR) is 97.9 cm³/mol. The molecule has 0 atom stereocenters. The van der Waals surface area contributed by atoms with Crippen LogP contribution < -0.4 is 5.32 Å². The summed E-state index contributed by atoms with van der Waals surface area (Å²) in [5, 5.41) is 3.61. The van der Waals surface area contributed by atoms with E-state index >= 15 is 0 Å². The number of rotatable bonds is 3. The third kappa shape index (κ3) is 6.12. The Labute approximate surface area is 154 Å². The Kier molecular flexibility index (Phi) is 6.53. The maximum absolute atomic E-state index is 12.2. The second-order valence-corrected chi connectivity index (χ2v) is 7.43. The zero-order chi connectivity index (χ0) is 18.4. The first kappa shape index (κ1) is 19.4. The molecule has 1 fully saturated rings. The molecular formula is C18H26ClN3O3. The minimum absolute atomic E-state index is 0.115. The van der Waals surface area contributed by atoms with Crippen molar-refractivity contribution in [2.45, 2.75) is 32.8 Å². The summed E-state index contributed by atoms with van der Waals surface area (Å²) in [6.45, 7) is 8.00. The lowest BCUT2D eigenvalue weighted by molar-refractivity contribution is 0.0170. The van der Waals surface area contributed by atoms with E-state index in [-0.39, 0.29) is 12.1 Å². The van der Waals surface area contributed by atoms with E-state index in [4.69, 9.17) is 16.3 Å². The topological polar surface area (TPSA) is 61.9 Å². The summed E-state index contributed by atoms with van der Waals surface area (Å²) in [5.41, 5.74) is 0.504. The summed E-state index contributed by atoms with van der Waals surface area (Å²) in [7, 11) is 0. The second-order valence-electron chi connectivity index (χ2n) is 7.03. The Morgan fingerprint density at radius 2 is 1.72 bits per heavy atom. The van der Waals surface area contributed by atoms with Gasteiger partial charge in [0.15, 0.2) is 0 Å². The van der Waals surface area contributed by atoms with Crippen LogP contribution in [0.5, 0.6) is 0 Å². The van der Waals surface area contributed by atoms with Crippen LogP contribution in [0.1, 0.15) is 26.3 Å². The Morgan fingerprint density at radius 1 is 1.12 bits per heavy atom. The van der Waals surface area contributed by atoms with Crippen molar-refractivity contribution in [3.63, 3.8) is 0 Å². The summed E-state index contributed by atoms with van der Waals surface area (Å²) in [5.74, 6) is 0. The minimum atomic E-state index is -0.510. The number of carbonyl (C=O) groups is 2. The number of amides is 3. The molecule has 7 heteroatoms. The summed E-state index contributed by atoms with van der Waals surface area (Å²) < 4.78 is 5.35. The molecule has 2 rings (SSSR count). The first-order valence-electron chi connectivity index (χ1n) is 8.50. The van der Waals surface area contributed by atoms with Crippen molar-refractivity contribution < 1.29 is 14.3 Å². The van der Waals surface area contributed by atoms with Gasteiger partial charge in [-0.3, -0.25) is 0 Å². The van der Waals surface area contributed by atoms with E-state index in [0.717, 1.165) is 5.56 Å². The van der Waals surface area contributed by atoms with Gasteiger partial charge >= 0.3 is 12.1 Å². The fourth-order valence-electron chi connectivity index (χ4n) is 2.54. The standard InChI is InChI=1S/C18H26ClN3O3/c1-18(2,3)25-17(24)22-12-10-21(11-13-22)16(23)20-9-8-14-6-4-5-7-15(14)19/h4-7H,8-13H2,1-3H3,(H,20,23). The van der Waals surface area contributed by atoms with Gasteiger partial charge < -0.3 is 19.9 Å². The van der Waals surface area contributed by atoms with E-state index in [1.807, 2.05) is 45.0 Å². The fourth-order valence-corrected chi connectivity index (χ4v) is 2.77. The zero-order valence-corrected chi connectivity index (χ0v) is 15.8. The van der Waals surface area contributed by atoms with Gasteiger partial charge in [0, 0.05) is 37.7 Å². The number of urea groups is 1. The molecule has 0 radical (unpaired) electrons. The predicted octanol–water partition coefficient (Wildman–Crippen LogP) is 3.14. The van der Waals surface area contributed by atoms with E-state index in [1.54, 1.807) is 9.80 Å². The highest BCUT2D eigenvalue weighted by atomic mass is 35.5. The van der Waals surface area contributed by atoms with Crippen LogP contribution in [-0.4, -0.2) is 60.2 Å². The van der Waals surface area contributed by atoms with Crippen molar-refractivity contribution in [3.8, 4) is 0 Å². The Balaban J connectivity index is 1.72. The third-order valence-corrected chi connectivity index (χ3v) is 4.22. The molecule has 6 nitrogen and oxygen atoms in total. The SMILES string of the molecule is CC(C)(C)OC(=O)N1CCN(C(=O)NCCc2ccccc2Cl)CC1. The van der Waals surface area contributed by atoms with Crippen molar-refractivity contribution >= 4 is 23.7 Å². The van der Waals surface area contributed by atoms with Gasteiger partial charge in [0.25, 0.3) is 0 Å². The minimum Gasteiger partial charge on any atom is -0.444 e. The maximum Gasteiger partial charge on any atom is 0.410 e. The molecule has 0 aromatic heterocycles. The molecule has 0 saturated carbocycles. The molecule has 138 valence electrons. The van der Waals surface area contributed by atoms with Crippen LogP contribution in [0.15, 0.2) is 24.3 Å². The first-order chi connectivity index (χ1) is 11.8. The lowest BCUT2D eigenvalue weighted by atomic mass is 10.1.